The van der Waals surface area contributed by atoms with Gasteiger partial charge in [0.2, 0.25) is 0 Å². The van der Waals surface area contributed by atoms with Gasteiger partial charge in [-0.15, -0.1) is 12.4 Å². The van der Waals surface area contributed by atoms with Crippen molar-refractivity contribution in [3.05, 3.63) is 65.5 Å². The Kier molecular flexibility index (Phi) is 7.30. The van der Waals surface area contributed by atoms with Crippen molar-refractivity contribution in [2.75, 3.05) is 32.8 Å². The van der Waals surface area contributed by atoms with Crippen LogP contribution < -0.4 is 4.74 Å². The van der Waals surface area contributed by atoms with E-state index in [2.05, 4.69) is 15.9 Å². The molecule has 0 bridgehead atoms. The smallest absolute Gasteiger partial charge is 0.134 e. The van der Waals surface area contributed by atoms with Gasteiger partial charge in [0.1, 0.15) is 24.4 Å². The maximum absolute atomic E-state index is 12.9. The fraction of sp³-hybridized carbons (Fsp3) is 0.455. The van der Waals surface area contributed by atoms with Crippen LogP contribution in [0.1, 0.15) is 30.2 Å². The Hall–Kier alpha value is -1.66. The molecule has 2 aromatic carbocycles. The first-order chi connectivity index (χ1) is 13.2. The molecule has 1 N–H and O–H groups in total. The number of hydrogen-bond donors (Lipinski definition) is 1. The molecule has 0 aromatic heterocycles. The number of rotatable bonds is 6. The van der Waals surface area contributed by atoms with Gasteiger partial charge in [0.05, 0.1) is 0 Å². The van der Waals surface area contributed by atoms with E-state index < -0.39 is 6.23 Å². The molecule has 0 saturated carbocycles. The van der Waals surface area contributed by atoms with Crippen LogP contribution in [0, 0.1) is 11.7 Å². The number of hydrogen-bond acceptors (Lipinski definition) is 4. The van der Waals surface area contributed by atoms with Crippen LogP contribution in [0.4, 0.5) is 4.39 Å². The quantitative estimate of drug-likeness (QED) is 0.790. The summed E-state index contributed by atoms with van der Waals surface area (Å²) in [5, 5.41) is 10.5. The monoisotopic (exact) mass is 406 g/mol. The maximum Gasteiger partial charge on any atom is 0.134 e. The average Bonchev–Trinajstić information content (AvgIpc) is 3.01. The molecular formula is C22H28ClFN2O2. The van der Waals surface area contributed by atoms with Crippen molar-refractivity contribution in [3.8, 4) is 5.75 Å². The number of fused-ring (bicyclic) bond motifs is 1. The topological polar surface area (TPSA) is 35.9 Å². The molecule has 0 aliphatic carbocycles. The predicted octanol–water partition coefficient (Wildman–Crippen LogP) is 3.85. The normalized spacial score (nSPS) is 20.6. The summed E-state index contributed by atoms with van der Waals surface area (Å²) in [5.41, 5.74) is 2.31. The van der Waals surface area contributed by atoms with E-state index in [1.54, 1.807) is 12.1 Å². The molecule has 1 unspecified atom stereocenters. The van der Waals surface area contributed by atoms with Gasteiger partial charge in [-0.05, 0) is 67.2 Å². The molecule has 2 aliphatic heterocycles. The molecule has 0 spiro atoms. The fourth-order valence-electron chi connectivity index (χ4n) is 4.14. The van der Waals surface area contributed by atoms with E-state index in [4.69, 9.17) is 4.74 Å². The summed E-state index contributed by atoms with van der Waals surface area (Å²) >= 11 is 0. The molecule has 2 aliphatic rings. The lowest BCUT2D eigenvalue weighted by Gasteiger charge is -2.34. The van der Waals surface area contributed by atoms with E-state index in [1.807, 2.05) is 18.2 Å². The zero-order chi connectivity index (χ0) is 18.6. The number of aliphatic hydroxyl groups excluding tert-OH is 1. The first-order valence-corrected chi connectivity index (χ1v) is 9.80. The highest BCUT2D eigenvalue weighted by Crippen LogP contribution is 2.33. The first kappa shape index (κ1) is 21.1. The first-order valence-electron chi connectivity index (χ1n) is 9.80. The average molecular weight is 407 g/mol. The van der Waals surface area contributed by atoms with E-state index in [0.29, 0.717) is 18.3 Å². The third-order valence-corrected chi connectivity index (χ3v) is 5.74. The van der Waals surface area contributed by atoms with Gasteiger partial charge in [0.15, 0.2) is 0 Å². The lowest BCUT2D eigenvalue weighted by Crippen LogP contribution is -2.40. The summed E-state index contributed by atoms with van der Waals surface area (Å²) in [4.78, 5) is 4.62. The van der Waals surface area contributed by atoms with Crippen LogP contribution in [-0.2, 0) is 6.54 Å². The van der Waals surface area contributed by atoms with Crippen LogP contribution in [0.2, 0.25) is 0 Å². The number of piperidine rings is 1. The molecule has 0 amide bonds. The van der Waals surface area contributed by atoms with Gasteiger partial charge in [0, 0.05) is 19.6 Å². The van der Waals surface area contributed by atoms with Gasteiger partial charge in [-0.25, -0.2) is 4.39 Å². The van der Waals surface area contributed by atoms with Crippen molar-refractivity contribution < 1.29 is 14.2 Å². The molecule has 152 valence electrons. The maximum atomic E-state index is 12.9. The van der Waals surface area contributed by atoms with E-state index in [-0.39, 0.29) is 18.2 Å². The van der Waals surface area contributed by atoms with Crippen molar-refractivity contribution in [2.45, 2.75) is 25.6 Å². The second kappa shape index (κ2) is 9.70. The molecule has 1 fully saturated rings. The van der Waals surface area contributed by atoms with Crippen LogP contribution >= 0.6 is 12.4 Å². The SMILES string of the molecule is Cl.OC1c2ccccc2CN1CC1CCN(CCOc2ccc(F)cc2)CC1. The summed E-state index contributed by atoms with van der Waals surface area (Å²) in [6.07, 6.45) is 1.84. The summed E-state index contributed by atoms with van der Waals surface area (Å²) in [6, 6.07) is 14.4. The van der Waals surface area contributed by atoms with Gasteiger partial charge in [0.25, 0.3) is 0 Å². The number of halogens is 2. The molecule has 28 heavy (non-hydrogen) atoms. The van der Waals surface area contributed by atoms with Crippen molar-refractivity contribution >= 4 is 12.4 Å². The van der Waals surface area contributed by atoms with Crippen molar-refractivity contribution in [3.63, 3.8) is 0 Å². The van der Waals surface area contributed by atoms with Crippen molar-refractivity contribution in [2.24, 2.45) is 5.92 Å². The van der Waals surface area contributed by atoms with Gasteiger partial charge < -0.3 is 9.84 Å². The number of likely N-dealkylation sites (tertiary alicyclic amines) is 1. The third-order valence-electron chi connectivity index (χ3n) is 5.74. The van der Waals surface area contributed by atoms with Gasteiger partial charge >= 0.3 is 0 Å². The Labute approximate surface area is 172 Å². The Morgan fingerprint density at radius 3 is 2.46 bits per heavy atom. The molecule has 4 nitrogen and oxygen atoms in total. The van der Waals surface area contributed by atoms with Crippen LogP contribution in [0.25, 0.3) is 0 Å². The largest absolute Gasteiger partial charge is 0.492 e. The summed E-state index contributed by atoms with van der Waals surface area (Å²) in [5.74, 6) is 1.10. The summed E-state index contributed by atoms with van der Waals surface area (Å²) in [7, 11) is 0. The summed E-state index contributed by atoms with van der Waals surface area (Å²) in [6.45, 7) is 5.44. The Morgan fingerprint density at radius 1 is 1.04 bits per heavy atom. The predicted molar refractivity (Wildman–Crippen MR) is 110 cm³/mol. The van der Waals surface area contributed by atoms with Crippen molar-refractivity contribution in [1.82, 2.24) is 9.80 Å². The Balaban J connectivity index is 0.00000225. The van der Waals surface area contributed by atoms with E-state index >= 15 is 0 Å². The lowest BCUT2D eigenvalue weighted by atomic mass is 9.96. The molecular weight excluding hydrogens is 379 g/mol. The van der Waals surface area contributed by atoms with Crippen LogP contribution in [0.5, 0.6) is 5.75 Å². The van der Waals surface area contributed by atoms with Gasteiger partial charge in [-0.3, -0.25) is 9.80 Å². The summed E-state index contributed by atoms with van der Waals surface area (Å²) < 4.78 is 18.6. The molecule has 1 atom stereocenters. The number of aliphatic hydroxyl groups is 1. The van der Waals surface area contributed by atoms with Crippen LogP contribution in [0.3, 0.4) is 0 Å². The standard InChI is InChI=1S/C22H27FN2O2.ClH/c23-19-5-7-20(8-6-19)27-14-13-24-11-9-17(10-12-24)15-25-16-18-3-1-2-4-21(18)22(25)26;/h1-8,17,22,26H,9-16H2;1H. The highest BCUT2D eigenvalue weighted by atomic mass is 35.5. The number of nitrogens with zero attached hydrogens (tertiary/aromatic N) is 2. The molecule has 2 aromatic rings. The Bertz CT molecular complexity index is 750. The lowest BCUT2D eigenvalue weighted by molar-refractivity contribution is -0.00413. The second-order valence-corrected chi connectivity index (χ2v) is 7.59. The van der Waals surface area contributed by atoms with Crippen LogP contribution in [-0.4, -0.2) is 47.7 Å². The fourth-order valence-corrected chi connectivity index (χ4v) is 4.14. The highest BCUT2D eigenvalue weighted by Gasteiger charge is 2.30. The second-order valence-electron chi connectivity index (χ2n) is 7.59. The Morgan fingerprint density at radius 2 is 1.75 bits per heavy atom. The van der Waals surface area contributed by atoms with Gasteiger partial charge in [-0.1, -0.05) is 24.3 Å². The van der Waals surface area contributed by atoms with E-state index in [0.717, 1.165) is 51.1 Å². The van der Waals surface area contributed by atoms with Crippen LogP contribution in [0.15, 0.2) is 48.5 Å². The molecule has 0 radical (unpaired) electrons. The minimum absolute atomic E-state index is 0. The van der Waals surface area contributed by atoms with Crippen molar-refractivity contribution in [1.29, 1.82) is 0 Å². The van der Waals surface area contributed by atoms with Gasteiger partial charge in [-0.2, -0.15) is 0 Å². The minimum Gasteiger partial charge on any atom is -0.492 e. The zero-order valence-electron chi connectivity index (χ0n) is 16.0. The molecule has 6 heteroatoms. The van der Waals surface area contributed by atoms with E-state index in [9.17, 15) is 9.50 Å². The number of ether oxygens (including phenoxy) is 1. The third kappa shape index (κ3) is 5.03. The molecule has 4 rings (SSSR count). The molecule has 1 saturated heterocycles. The minimum atomic E-state index is -0.455. The van der Waals surface area contributed by atoms with E-state index in [1.165, 1.54) is 17.7 Å². The number of benzene rings is 2. The molecule has 2 heterocycles. The highest BCUT2D eigenvalue weighted by molar-refractivity contribution is 5.85. The zero-order valence-corrected chi connectivity index (χ0v) is 16.8.